The van der Waals surface area contributed by atoms with Crippen molar-refractivity contribution < 1.29 is 4.92 Å². The summed E-state index contributed by atoms with van der Waals surface area (Å²) in [5.41, 5.74) is 1.87. The monoisotopic (exact) mass is 380 g/mol. The first kappa shape index (κ1) is 17.8. The zero-order valence-corrected chi connectivity index (χ0v) is 15.6. The van der Waals surface area contributed by atoms with Gasteiger partial charge in [0.25, 0.3) is 0 Å². The SMILES string of the molecule is C[C@H](c1ccc(-n2cncn2)cc1)N(C)c1ncc([N+](=O)[O-])c(NC2CC2)n1. The number of nitrogens with one attached hydrogen (secondary N) is 1. The fourth-order valence-corrected chi connectivity index (χ4v) is 2.84. The van der Waals surface area contributed by atoms with Crippen molar-refractivity contribution in [2.45, 2.75) is 31.8 Å². The summed E-state index contributed by atoms with van der Waals surface area (Å²) < 4.78 is 1.69. The maximum atomic E-state index is 11.2. The highest BCUT2D eigenvalue weighted by molar-refractivity contribution is 5.58. The fourth-order valence-electron chi connectivity index (χ4n) is 2.84. The normalized spacial score (nSPS) is 14.5. The van der Waals surface area contributed by atoms with Gasteiger partial charge in [-0.05, 0) is 37.5 Å². The van der Waals surface area contributed by atoms with Crippen LogP contribution in [0.25, 0.3) is 5.69 Å². The van der Waals surface area contributed by atoms with Gasteiger partial charge in [-0.2, -0.15) is 10.1 Å². The summed E-state index contributed by atoms with van der Waals surface area (Å²) in [6.07, 6.45) is 6.40. The van der Waals surface area contributed by atoms with E-state index in [1.54, 1.807) is 11.0 Å². The minimum atomic E-state index is -0.458. The van der Waals surface area contributed by atoms with Crippen LogP contribution < -0.4 is 10.2 Å². The largest absolute Gasteiger partial charge is 0.361 e. The molecule has 0 amide bonds. The van der Waals surface area contributed by atoms with E-state index in [1.165, 1.54) is 12.5 Å². The molecule has 0 bridgehead atoms. The minimum absolute atomic E-state index is 0.0278. The quantitative estimate of drug-likeness (QED) is 0.491. The molecule has 0 unspecified atom stereocenters. The summed E-state index contributed by atoms with van der Waals surface area (Å²) in [6, 6.07) is 8.17. The molecule has 10 nitrogen and oxygen atoms in total. The minimum Gasteiger partial charge on any atom is -0.361 e. The first-order chi connectivity index (χ1) is 13.5. The van der Waals surface area contributed by atoms with Crippen molar-refractivity contribution in [3.05, 3.63) is 58.8 Å². The van der Waals surface area contributed by atoms with Crippen LogP contribution in [0.1, 0.15) is 31.4 Å². The molecule has 1 N–H and O–H groups in total. The van der Waals surface area contributed by atoms with E-state index in [4.69, 9.17) is 0 Å². The van der Waals surface area contributed by atoms with E-state index in [1.807, 2.05) is 43.1 Å². The Hall–Kier alpha value is -3.56. The number of hydrogen-bond acceptors (Lipinski definition) is 8. The lowest BCUT2D eigenvalue weighted by molar-refractivity contribution is -0.384. The number of benzene rings is 1. The van der Waals surface area contributed by atoms with E-state index in [0.717, 1.165) is 24.1 Å². The Morgan fingerprint density at radius 3 is 2.68 bits per heavy atom. The Kier molecular flexibility index (Phi) is 4.60. The molecule has 0 saturated heterocycles. The maximum Gasteiger partial charge on any atom is 0.329 e. The molecule has 4 rings (SSSR count). The molecule has 1 aliphatic rings. The third kappa shape index (κ3) is 3.61. The zero-order valence-electron chi connectivity index (χ0n) is 15.6. The standard InChI is InChI=1S/C18H20N8O2/c1-12(13-3-7-15(8-4-13)25-11-19-10-21-25)24(2)18-20-9-16(26(27)28)17(23-18)22-14-5-6-14/h3-4,7-12,14H,5-6H2,1-2H3,(H,20,22,23)/t12-/m1/s1. The first-order valence-electron chi connectivity index (χ1n) is 8.98. The maximum absolute atomic E-state index is 11.2. The van der Waals surface area contributed by atoms with Crippen molar-refractivity contribution in [2.24, 2.45) is 0 Å². The molecule has 10 heteroatoms. The van der Waals surface area contributed by atoms with Crippen LogP contribution in [-0.4, -0.2) is 42.7 Å². The van der Waals surface area contributed by atoms with Crippen LogP contribution in [0.2, 0.25) is 0 Å². The summed E-state index contributed by atoms with van der Waals surface area (Å²) >= 11 is 0. The molecule has 1 fully saturated rings. The molecule has 1 saturated carbocycles. The van der Waals surface area contributed by atoms with Crippen LogP contribution in [0.3, 0.4) is 0 Å². The number of nitrogens with zero attached hydrogens (tertiary/aromatic N) is 7. The van der Waals surface area contributed by atoms with E-state index >= 15 is 0 Å². The van der Waals surface area contributed by atoms with E-state index < -0.39 is 4.92 Å². The molecule has 2 aromatic heterocycles. The summed E-state index contributed by atoms with van der Waals surface area (Å²) in [7, 11) is 1.87. The van der Waals surface area contributed by atoms with E-state index in [-0.39, 0.29) is 23.6 Å². The molecule has 1 aromatic carbocycles. The van der Waals surface area contributed by atoms with Gasteiger partial charge in [-0.25, -0.2) is 14.6 Å². The summed E-state index contributed by atoms with van der Waals surface area (Å²) in [5.74, 6) is 0.708. The van der Waals surface area contributed by atoms with Crippen LogP contribution in [0.5, 0.6) is 0 Å². The topological polar surface area (TPSA) is 115 Å². The van der Waals surface area contributed by atoms with Crippen LogP contribution >= 0.6 is 0 Å². The van der Waals surface area contributed by atoms with E-state index in [2.05, 4.69) is 25.4 Å². The molecule has 1 aliphatic carbocycles. The number of anilines is 2. The van der Waals surface area contributed by atoms with Crippen molar-refractivity contribution in [3.63, 3.8) is 0 Å². The highest BCUT2D eigenvalue weighted by atomic mass is 16.6. The molecule has 144 valence electrons. The summed E-state index contributed by atoms with van der Waals surface area (Å²) in [5, 5.41) is 18.5. The van der Waals surface area contributed by atoms with Gasteiger partial charge < -0.3 is 10.2 Å². The van der Waals surface area contributed by atoms with Gasteiger partial charge in [0.2, 0.25) is 11.8 Å². The molecule has 0 radical (unpaired) electrons. The Labute approximate surface area is 161 Å². The van der Waals surface area contributed by atoms with Gasteiger partial charge in [-0.3, -0.25) is 10.1 Å². The van der Waals surface area contributed by atoms with Crippen molar-refractivity contribution in [2.75, 3.05) is 17.3 Å². The predicted molar refractivity (Wildman–Crippen MR) is 104 cm³/mol. The van der Waals surface area contributed by atoms with Crippen LogP contribution in [0.15, 0.2) is 43.1 Å². The Morgan fingerprint density at radius 1 is 1.32 bits per heavy atom. The average molecular weight is 380 g/mol. The molecular weight excluding hydrogens is 360 g/mol. The lowest BCUT2D eigenvalue weighted by atomic mass is 10.1. The van der Waals surface area contributed by atoms with Crippen molar-refractivity contribution in [1.29, 1.82) is 0 Å². The molecular formula is C18H20N8O2. The van der Waals surface area contributed by atoms with Gasteiger partial charge in [0.15, 0.2) is 0 Å². The van der Waals surface area contributed by atoms with Crippen molar-refractivity contribution in [3.8, 4) is 5.69 Å². The Morgan fingerprint density at radius 2 is 2.07 bits per heavy atom. The van der Waals surface area contributed by atoms with Gasteiger partial charge in [0, 0.05) is 13.1 Å². The molecule has 1 atom stereocenters. The average Bonchev–Trinajstić information content (AvgIpc) is 3.35. The van der Waals surface area contributed by atoms with Gasteiger partial charge in [-0.15, -0.1) is 0 Å². The van der Waals surface area contributed by atoms with Crippen LogP contribution in [-0.2, 0) is 0 Å². The van der Waals surface area contributed by atoms with Crippen LogP contribution in [0.4, 0.5) is 17.5 Å². The van der Waals surface area contributed by atoms with Gasteiger partial charge in [0.05, 0.1) is 16.7 Å². The summed E-state index contributed by atoms with van der Waals surface area (Å²) in [6.45, 7) is 2.03. The van der Waals surface area contributed by atoms with Gasteiger partial charge >= 0.3 is 5.69 Å². The zero-order chi connectivity index (χ0) is 19.7. The van der Waals surface area contributed by atoms with Gasteiger partial charge in [0.1, 0.15) is 18.9 Å². The fraction of sp³-hybridized carbons (Fsp3) is 0.333. The number of nitro groups is 1. The molecule has 3 aromatic rings. The van der Waals surface area contributed by atoms with Crippen molar-refractivity contribution >= 4 is 17.5 Å². The second-order valence-electron chi connectivity index (χ2n) is 6.80. The molecule has 28 heavy (non-hydrogen) atoms. The number of aromatic nitrogens is 5. The first-order valence-corrected chi connectivity index (χ1v) is 8.98. The van der Waals surface area contributed by atoms with Crippen LogP contribution in [0, 0.1) is 10.1 Å². The summed E-state index contributed by atoms with van der Waals surface area (Å²) in [4.78, 5) is 25.3. The lowest BCUT2D eigenvalue weighted by Crippen LogP contribution is -2.24. The smallest absolute Gasteiger partial charge is 0.329 e. The molecule has 0 aliphatic heterocycles. The third-order valence-corrected chi connectivity index (χ3v) is 4.83. The molecule has 2 heterocycles. The number of rotatable bonds is 7. The third-order valence-electron chi connectivity index (χ3n) is 4.83. The highest BCUT2D eigenvalue weighted by Crippen LogP contribution is 2.31. The van der Waals surface area contributed by atoms with E-state index in [9.17, 15) is 10.1 Å². The predicted octanol–water partition coefficient (Wildman–Crippen LogP) is 2.74. The van der Waals surface area contributed by atoms with Crippen molar-refractivity contribution in [1.82, 2.24) is 24.7 Å². The number of hydrogen-bond donors (Lipinski definition) is 1. The lowest BCUT2D eigenvalue weighted by Gasteiger charge is -2.25. The molecule has 0 spiro atoms. The Bertz CT molecular complexity index is 970. The second-order valence-corrected chi connectivity index (χ2v) is 6.80. The highest BCUT2D eigenvalue weighted by Gasteiger charge is 2.27. The Balaban J connectivity index is 1.56. The van der Waals surface area contributed by atoms with Gasteiger partial charge in [-0.1, -0.05) is 12.1 Å². The van der Waals surface area contributed by atoms with E-state index in [0.29, 0.717) is 5.95 Å². The second kappa shape index (κ2) is 7.22.